The van der Waals surface area contributed by atoms with Crippen molar-refractivity contribution in [2.75, 3.05) is 5.32 Å². The average Bonchev–Trinajstić information content (AvgIpc) is 2.55. The number of benzene rings is 2. The molecule has 2 aromatic carbocycles. The van der Waals surface area contributed by atoms with E-state index in [1.54, 1.807) is 0 Å². The van der Waals surface area contributed by atoms with E-state index in [0.717, 1.165) is 23.9 Å². The lowest BCUT2D eigenvalue weighted by Gasteiger charge is -2.40. The molecule has 1 N–H and O–H groups in total. The summed E-state index contributed by atoms with van der Waals surface area (Å²) in [5.41, 5.74) is 1.03. The molecule has 1 aliphatic heterocycles. The first-order valence-electron chi connectivity index (χ1n) is 8.64. The molecule has 3 rings (SSSR count). The second kappa shape index (κ2) is 6.61. The van der Waals surface area contributed by atoms with Crippen molar-refractivity contribution in [1.29, 1.82) is 0 Å². The van der Waals surface area contributed by atoms with Crippen LogP contribution in [0, 0.1) is 0 Å². The maximum absolute atomic E-state index is 12.9. The third-order valence-electron chi connectivity index (χ3n) is 4.98. The Hall–Kier alpha value is -2.03. The Morgan fingerprint density at radius 2 is 1.74 bits per heavy atom. The zero-order valence-corrected chi connectivity index (χ0v) is 14.3. The molecule has 23 heavy (non-hydrogen) atoms. The maximum Gasteiger partial charge on any atom is 0.245 e. The third-order valence-corrected chi connectivity index (χ3v) is 4.98. The van der Waals surface area contributed by atoms with Gasteiger partial charge in [-0.1, -0.05) is 36.4 Å². The van der Waals surface area contributed by atoms with Crippen LogP contribution in [0.4, 0.5) is 5.69 Å². The summed E-state index contributed by atoms with van der Waals surface area (Å²) in [6.45, 7) is 6.30. The highest BCUT2D eigenvalue weighted by molar-refractivity contribution is 5.95. The number of fused-ring (bicyclic) bond motifs is 1. The van der Waals surface area contributed by atoms with Gasteiger partial charge in [0, 0.05) is 23.2 Å². The highest BCUT2D eigenvalue weighted by atomic mass is 16.2. The van der Waals surface area contributed by atoms with Crippen molar-refractivity contribution in [3.8, 4) is 0 Å². The lowest BCUT2D eigenvalue weighted by Crippen LogP contribution is -2.52. The molecule has 0 spiro atoms. The van der Waals surface area contributed by atoms with Crippen LogP contribution >= 0.6 is 0 Å². The summed E-state index contributed by atoms with van der Waals surface area (Å²) in [6, 6.07) is 14.9. The van der Waals surface area contributed by atoms with Gasteiger partial charge in [-0.25, -0.2) is 0 Å². The first-order valence-corrected chi connectivity index (χ1v) is 8.64. The molecule has 3 heteroatoms. The minimum atomic E-state index is -0.219. The molecule has 3 atom stereocenters. The number of piperidine rings is 1. The summed E-state index contributed by atoms with van der Waals surface area (Å²) in [7, 11) is 0. The Morgan fingerprint density at radius 3 is 2.48 bits per heavy atom. The zero-order valence-electron chi connectivity index (χ0n) is 14.3. The normalized spacial score (nSPS) is 22.8. The quantitative estimate of drug-likeness (QED) is 0.909. The first-order chi connectivity index (χ1) is 11.1. The summed E-state index contributed by atoms with van der Waals surface area (Å²) < 4.78 is 0. The molecule has 122 valence electrons. The monoisotopic (exact) mass is 310 g/mol. The molecule has 2 aromatic rings. The molecule has 3 nitrogen and oxygen atoms in total. The Labute approximate surface area is 138 Å². The van der Waals surface area contributed by atoms with Crippen LogP contribution < -0.4 is 5.32 Å². The van der Waals surface area contributed by atoms with E-state index in [-0.39, 0.29) is 11.9 Å². The molecule has 1 amide bonds. The van der Waals surface area contributed by atoms with E-state index in [1.807, 2.05) is 25.1 Å². The van der Waals surface area contributed by atoms with Crippen molar-refractivity contribution >= 4 is 22.4 Å². The van der Waals surface area contributed by atoms with Crippen LogP contribution in [0.15, 0.2) is 42.5 Å². The number of likely N-dealkylation sites (tertiary alicyclic amines) is 1. The second-order valence-corrected chi connectivity index (χ2v) is 6.77. The van der Waals surface area contributed by atoms with Crippen LogP contribution in [0.25, 0.3) is 10.8 Å². The summed E-state index contributed by atoms with van der Waals surface area (Å²) in [6.07, 6.45) is 3.44. The Balaban J connectivity index is 1.80. The topological polar surface area (TPSA) is 32.3 Å². The van der Waals surface area contributed by atoms with Crippen LogP contribution in [0.2, 0.25) is 0 Å². The molecule has 0 radical (unpaired) electrons. The molecule has 0 aliphatic carbocycles. The number of amides is 1. The van der Waals surface area contributed by atoms with E-state index in [1.165, 1.54) is 11.8 Å². The minimum Gasteiger partial charge on any atom is -0.373 e. The van der Waals surface area contributed by atoms with Crippen LogP contribution in [0.1, 0.15) is 40.0 Å². The number of carbonyl (C=O) groups excluding carboxylic acids is 1. The van der Waals surface area contributed by atoms with Gasteiger partial charge in [0.25, 0.3) is 0 Å². The molecule has 1 saturated heterocycles. The van der Waals surface area contributed by atoms with Crippen molar-refractivity contribution < 1.29 is 4.79 Å². The second-order valence-electron chi connectivity index (χ2n) is 6.77. The van der Waals surface area contributed by atoms with Crippen molar-refractivity contribution in [1.82, 2.24) is 4.90 Å². The summed E-state index contributed by atoms with van der Waals surface area (Å²) in [4.78, 5) is 15.0. The molecule has 1 fully saturated rings. The molecule has 0 saturated carbocycles. The lowest BCUT2D eigenvalue weighted by atomic mass is 9.96. The Morgan fingerprint density at radius 1 is 1.09 bits per heavy atom. The maximum atomic E-state index is 12.9. The fourth-order valence-corrected chi connectivity index (χ4v) is 3.73. The number of hydrogen-bond donors (Lipinski definition) is 1. The fraction of sp³-hybridized carbons (Fsp3) is 0.450. The largest absolute Gasteiger partial charge is 0.373 e. The Bertz CT molecular complexity index is 682. The third kappa shape index (κ3) is 3.19. The van der Waals surface area contributed by atoms with E-state index >= 15 is 0 Å². The van der Waals surface area contributed by atoms with E-state index in [2.05, 4.69) is 48.3 Å². The number of hydrogen-bond acceptors (Lipinski definition) is 2. The number of carbonyl (C=O) groups is 1. The summed E-state index contributed by atoms with van der Waals surface area (Å²) >= 11 is 0. The average molecular weight is 310 g/mol. The number of anilines is 1. The molecular formula is C20H26N2O. The lowest BCUT2D eigenvalue weighted by molar-refractivity contribution is -0.137. The van der Waals surface area contributed by atoms with Gasteiger partial charge in [-0.2, -0.15) is 0 Å². The van der Waals surface area contributed by atoms with Gasteiger partial charge in [0.1, 0.15) is 6.04 Å². The SMILES string of the molecule is C[C@@H]1CCC[C@H](C)N1C(=O)[C@@H](C)Nc1cccc2ccccc12. The predicted octanol–water partition coefficient (Wildman–Crippen LogP) is 4.43. The van der Waals surface area contributed by atoms with Gasteiger partial charge >= 0.3 is 0 Å². The van der Waals surface area contributed by atoms with Gasteiger partial charge in [0.05, 0.1) is 0 Å². The van der Waals surface area contributed by atoms with Crippen molar-refractivity contribution in [2.45, 2.75) is 58.2 Å². The summed E-state index contributed by atoms with van der Waals surface area (Å²) in [5, 5.41) is 5.78. The van der Waals surface area contributed by atoms with Crippen LogP contribution in [-0.4, -0.2) is 28.9 Å². The molecule has 0 bridgehead atoms. The zero-order chi connectivity index (χ0) is 16.4. The predicted molar refractivity (Wildman–Crippen MR) is 96.7 cm³/mol. The van der Waals surface area contributed by atoms with Gasteiger partial charge in [0.15, 0.2) is 0 Å². The highest BCUT2D eigenvalue weighted by Gasteiger charge is 2.31. The highest BCUT2D eigenvalue weighted by Crippen LogP contribution is 2.26. The number of nitrogens with zero attached hydrogens (tertiary/aromatic N) is 1. The van der Waals surface area contributed by atoms with E-state index in [9.17, 15) is 4.79 Å². The van der Waals surface area contributed by atoms with Gasteiger partial charge in [-0.3, -0.25) is 4.79 Å². The van der Waals surface area contributed by atoms with E-state index in [4.69, 9.17) is 0 Å². The van der Waals surface area contributed by atoms with Crippen LogP contribution in [-0.2, 0) is 4.79 Å². The van der Waals surface area contributed by atoms with Crippen molar-refractivity contribution in [3.63, 3.8) is 0 Å². The molecule has 0 aromatic heterocycles. The fourth-order valence-electron chi connectivity index (χ4n) is 3.73. The van der Waals surface area contributed by atoms with Crippen molar-refractivity contribution in [2.24, 2.45) is 0 Å². The van der Waals surface area contributed by atoms with Crippen LogP contribution in [0.3, 0.4) is 0 Å². The molecular weight excluding hydrogens is 284 g/mol. The Kier molecular flexibility index (Phi) is 4.56. The first kappa shape index (κ1) is 15.9. The van der Waals surface area contributed by atoms with Gasteiger partial charge in [-0.05, 0) is 51.5 Å². The summed E-state index contributed by atoms with van der Waals surface area (Å²) in [5.74, 6) is 0.206. The van der Waals surface area contributed by atoms with Gasteiger partial charge in [0.2, 0.25) is 5.91 Å². The standard InChI is InChI=1S/C20H26N2O/c1-14-8-6-9-15(2)22(14)20(23)16(3)21-19-13-7-11-17-10-4-5-12-18(17)19/h4-5,7,10-16,21H,6,8-9H2,1-3H3/t14-,15+,16-/m1/s1. The molecule has 0 unspecified atom stereocenters. The number of rotatable bonds is 3. The van der Waals surface area contributed by atoms with Gasteiger partial charge < -0.3 is 10.2 Å². The van der Waals surface area contributed by atoms with Crippen LogP contribution in [0.5, 0.6) is 0 Å². The van der Waals surface area contributed by atoms with E-state index in [0.29, 0.717) is 12.1 Å². The molecule has 1 aliphatic rings. The number of nitrogens with one attached hydrogen (secondary N) is 1. The molecule has 1 heterocycles. The smallest absolute Gasteiger partial charge is 0.245 e. The van der Waals surface area contributed by atoms with E-state index < -0.39 is 0 Å². The van der Waals surface area contributed by atoms with Crippen molar-refractivity contribution in [3.05, 3.63) is 42.5 Å². The minimum absolute atomic E-state index is 0.206. The van der Waals surface area contributed by atoms with Gasteiger partial charge in [-0.15, -0.1) is 0 Å².